The summed E-state index contributed by atoms with van der Waals surface area (Å²) in [6.07, 6.45) is 7.62. The molecule has 1 N–H and O–H groups in total. The van der Waals surface area contributed by atoms with Crippen molar-refractivity contribution in [3.05, 3.63) is 60.4 Å². The number of likely N-dealkylation sites (tertiary alicyclic amines) is 1. The molecule has 1 aliphatic heterocycles. The molecule has 1 fully saturated rings. The van der Waals surface area contributed by atoms with Crippen LogP contribution in [-0.2, 0) is 6.54 Å². The molecule has 3 aromatic rings. The molecule has 1 saturated heterocycles. The third-order valence-electron chi connectivity index (χ3n) is 4.21. The van der Waals surface area contributed by atoms with Crippen molar-refractivity contribution < 1.29 is 0 Å². The van der Waals surface area contributed by atoms with Gasteiger partial charge in [-0.15, -0.1) is 0 Å². The van der Waals surface area contributed by atoms with Crippen molar-refractivity contribution in [2.24, 2.45) is 0 Å². The summed E-state index contributed by atoms with van der Waals surface area (Å²) in [4.78, 5) is 15.6. The Kier molecular flexibility index (Phi) is 3.81. The molecule has 116 valence electrons. The monoisotopic (exact) mass is 306 g/mol. The van der Waals surface area contributed by atoms with Crippen LogP contribution in [-0.4, -0.2) is 36.6 Å². The predicted octanol–water partition coefficient (Wildman–Crippen LogP) is 2.60. The van der Waals surface area contributed by atoms with Crippen molar-refractivity contribution in [1.82, 2.24) is 30.0 Å². The van der Waals surface area contributed by atoms with E-state index < -0.39 is 0 Å². The van der Waals surface area contributed by atoms with Crippen LogP contribution in [0, 0.1) is 0 Å². The Bertz CT molecular complexity index is 755. The zero-order chi connectivity index (χ0) is 15.5. The molecule has 23 heavy (non-hydrogen) atoms. The van der Waals surface area contributed by atoms with Crippen LogP contribution in [0.3, 0.4) is 0 Å². The molecule has 1 atom stereocenters. The second kappa shape index (κ2) is 6.26. The quantitative estimate of drug-likeness (QED) is 0.802. The van der Waals surface area contributed by atoms with Crippen LogP contribution in [0.25, 0.3) is 11.4 Å². The number of pyridine rings is 2. The van der Waals surface area contributed by atoms with E-state index in [0.717, 1.165) is 42.4 Å². The molecule has 4 rings (SSSR count). The number of hydrogen-bond acceptors (Lipinski definition) is 5. The Hall–Kier alpha value is -2.60. The fourth-order valence-electron chi connectivity index (χ4n) is 3.08. The van der Waals surface area contributed by atoms with Crippen molar-refractivity contribution >= 4 is 0 Å². The van der Waals surface area contributed by atoms with Gasteiger partial charge in [-0.3, -0.25) is 20.0 Å². The van der Waals surface area contributed by atoms with Crippen molar-refractivity contribution in [3.63, 3.8) is 0 Å². The minimum Gasteiger partial charge on any atom is -0.288 e. The average Bonchev–Trinajstić information content (AvgIpc) is 3.25. The fraction of sp³-hybridized carbons (Fsp3) is 0.294. The summed E-state index contributed by atoms with van der Waals surface area (Å²) in [5.74, 6) is 1.66. The van der Waals surface area contributed by atoms with E-state index in [9.17, 15) is 0 Å². The molecule has 6 nitrogen and oxygen atoms in total. The highest BCUT2D eigenvalue weighted by Crippen LogP contribution is 2.31. The van der Waals surface area contributed by atoms with Gasteiger partial charge in [0.2, 0.25) is 0 Å². The summed E-state index contributed by atoms with van der Waals surface area (Å²) in [7, 11) is 0. The molecule has 3 aromatic heterocycles. The normalized spacial score (nSPS) is 18.3. The van der Waals surface area contributed by atoms with Crippen LogP contribution >= 0.6 is 0 Å². The molecule has 0 spiro atoms. The highest BCUT2D eigenvalue weighted by Gasteiger charge is 2.29. The van der Waals surface area contributed by atoms with Crippen LogP contribution in [0.4, 0.5) is 0 Å². The van der Waals surface area contributed by atoms with E-state index in [0.29, 0.717) is 0 Å². The lowest BCUT2D eigenvalue weighted by atomic mass is 10.2. The topological polar surface area (TPSA) is 70.6 Å². The molecule has 0 saturated carbocycles. The molecule has 0 amide bonds. The second-order valence-electron chi connectivity index (χ2n) is 5.73. The van der Waals surface area contributed by atoms with E-state index in [1.807, 2.05) is 30.5 Å². The lowest BCUT2D eigenvalue weighted by Gasteiger charge is -2.21. The summed E-state index contributed by atoms with van der Waals surface area (Å²) in [5, 5.41) is 7.48. The third kappa shape index (κ3) is 2.98. The lowest BCUT2D eigenvalue weighted by molar-refractivity contribution is 0.237. The maximum absolute atomic E-state index is 4.70. The first-order valence-electron chi connectivity index (χ1n) is 7.87. The molecule has 6 heteroatoms. The van der Waals surface area contributed by atoms with Gasteiger partial charge in [0, 0.05) is 30.7 Å². The number of hydrogen-bond donors (Lipinski definition) is 1. The van der Waals surface area contributed by atoms with Gasteiger partial charge in [-0.25, -0.2) is 4.98 Å². The first-order chi connectivity index (χ1) is 11.4. The molecule has 0 bridgehead atoms. The Morgan fingerprint density at radius 2 is 2.04 bits per heavy atom. The van der Waals surface area contributed by atoms with Gasteiger partial charge in [-0.1, -0.05) is 6.07 Å². The summed E-state index contributed by atoms with van der Waals surface area (Å²) in [5.41, 5.74) is 2.07. The van der Waals surface area contributed by atoms with Crippen LogP contribution in [0.5, 0.6) is 0 Å². The van der Waals surface area contributed by atoms with E-state index in [2.05, 4.69) is 31.1 Å². The maximum atomic E-state index is 4.70. The van der Waals surface area contributed by atoms with E-state index in [1.54, 1.807) is 12.4 Å². The van der Waals surface area contributed by atoms with Crippen molar-refractivity contribution in [2.75, 3.05) is 6.54 Å². The summed E-state index contributed by atoms with van der Waals surface area (Å²) in [6, 6.07) is 10.2. The molecule has 4 heterocycles. The fourth-order valence-corrected chi connectivity index (χ4v) is 3.08. The van der Waals surface area contributed by atoms with Crippen LogP contribution < -0.4 is 0 Å². The summed E-state index contributed by atoms with van der Waals surface area (Å²) >= 11 is 0. The highest BCUT2D eigenvalue weighted by atomic mass is 15.3. The Morgan fingerprint density at radius 3 is 2.87 bits per heavy atom. The largest absolute Gasteiger partial charge is 0.288 e. The van der Waals surface area contributed by atoms with Gasteiger partial charge in [0.15, 0.2) is 5.82 Å². The lowest BCUT2D eigenvalue weighted by Crippen LogP contribution is -2.24. The number of rotatable bonds is 4. The zero-order valence-corrected chi connectivity index (χ0v) is 12.8. The molecule has 1 aliphatic rings. The molecular weight excluding hydrogens is 288 g/mol. The van der Waals surface area contributed by atoms with Crippen molar-refractivity contribution in [3.8, 4) is 11.4 Å². The molecule has 1 unspecified atom stereocenters. The van der Waals surface area contributed by atoms with Gasteiger partial charge in [0.25, 0.3) is 0 Å². The van der Waals surface area contributed by atoms with Gasteiger partial charge >= 0.3 is 0 Å². The number of nitrogens with one attached hydrogen (secondary N) is 1. The highest BCUT2D eigenvalue weighted by molar-refractivity contribution is 5.53. The SMILES string of the molecule is c1ccc(CN2CCCC2c2nc(-c3ccncc3)n[nH]2)nc1. The number of H-pyrrole nitrogens is 1. The summed E-state index contributed by atoms with van der Waals surface area (Å²) in [6.45, 7) is 1.91. The number of nitrogens with zero attached hydrogens (tertiary/aromatic N) is 5. The first-order valence-corrected chi connectivity index (χ1v) is 7.87. The van der Waals surface area contributed by atoms with Crippen molar-refractivity contribution in [2.45, 2.75) is 25.4 Å². The van der Waals surface area contributed by atoms with Crippen LogP contribution in [0.1, 0.15) is 30.4 Å². The average molecular weight is 306 g/mol. The number of aromatic amines is 1. The first kappa shape index (κ1) is 14.0. The Morgan fingerprint density at radius 1 is 1.13 bits per heavy atom. The summed E-state index contributed by atoms with van der Waals surface area (Å²) < 4.78 is 0. The van der Waals surface area contributed by atoms with Gasteiger partial charge < -0.3 is 0 Å². The van der Waals surface area contributed by atoms with E-state index >= 15 is 0 Å². The number of aromatic nitrogens is 5. The van der Waals surface area contributed by atoms with Crippen LogP contribution in [0.2, 0.25) is 0 Å². The van der Waals surface area contributed by atoms with E-state index in [-0.39, 0.29) is 6.04 Å². The van der Waals surface area contributed by atoms with Gasteiger partial charge in [0.05, 0.1) is 11.7 Å². The second-order valence-corrected chi connectivity index (χ2v) is 5.73. The van der Waals surface area contributed by atoms with E-state index in [4.69, 9.17) is 4.98 Å². The zero-order valence-electron chi connectivity index (χ0n) is 12.8. The minimum absolute atomic E-state index is 0.278. The molecule has 0 radical (unpaired) electrons. The van der Waals surface area contributed by atoms with Gasteiger partial charge in [-0.2, -0.15) is 5.10 Å². The van der Waals surface area contributed by atoms with Gasteiger partial charge in [-0.05, 0) is 43.7 Å². The van der Waals surface area contributed by atoms with Gasteiger partial charge in [0.1, 0.15) is 5.82 Å². The standard InChI is InChI=1S/C17H18N6/c1-2-8-19-14(4-1)12-23-11-3-5-15(23)17-20-16(21-22-17)13-6-9-18-10-7-13/h1-2,4,6-10,15H,3,5,11-12H2,(H,20,21,22). The third-order valence-corrected chi connectivity index (χ3v) is 4.21. The maximum Gasteiger partial charge on any atom is 0.181 e. The minimum atomic E-state index is 0.278. The molecular formula is C17H18N6. The Balaban J connectivity index is 1.54. The molecule has 0 aliphatic carbocycles. The van der Waals surface area contributed by atoms with Crippen molar-refractivity contribution in [1.29, 1.82) is 0 Å². The predicted molar refractivity (Wildman–Crippen MR) is 86.2 cm³/mol. The van der Waals surface area contributed by atoms with Crippen LogP contribution in [0.15, 0.2) is 48.9 Å². The smallest absolute Gasteiger partial charge is 0.181 e. The van der Waals surface area contributed by atoms with E-state index in [1.165, 1.54) is 6.42 Å². The Labute approximate surface area is 134 Å². The molecule has 0 aromatic carbocycles.